The summed E-state index contributed by atoms with van der Waals surface area (Å²) in [6, 6.07) is 7.76. The molecule has 28 heavy (non-hydrogen) atoms. The molecule has 6 nitrogen and oxygen atoms in total. The van der Waals surface area contributed by atoms with E-state index in [1.54, 1.807) is 6.20 Å². The van der Waals surface area contributed by atoms with Gasteiger partial charge in [0.2, 0.25) is 5.91 Å². The summed E-state index contributed by atoms with van der Waals surface area (Å²) < 4.78 is 2.03. The van der Waals surface area contributed by atoms with Crippen molar-refractivity contribution in [3.05, 3.63) is 53.6 Å². The lowest BCUT2D eigenvalue weighted by atomic mass is 9.91. The van der Waals surface area contributed by atoms with E-state index in [-0.39, 0.29) is 11.8 Å². The van der Waals surface area contributed by atoms with Gasteiger partial charge in [-0.1, -0.05) is 17.7 Å². The molecule has 0 atom stereocenters. The van der Waals surface area contributed by atoms with Gasteiger partial charge in [0.05, 0.1) is 0 Å². The van der Waals surface area contributed by atoms with Crippen LogP contribution in [-0.4, -0.2) is 45.9 Å². The number of nitrogens with one attached hydrogen (secondary N) is 1. The quantitative estimate of drug-likeness (QED) is 0.801. The Kier molecular flexibility index (Phi) is 6.85. The molecular formula is C22H30N4O2. The van der Waals surface area contributed by atoms with Gasteiger partial charge in [-0.05, 0) is 51.2 Å². The zero-order valence-corrected chi connectivity index (χ0v) is 16.9. The Morgan fingerprint density at radius 1 is 1.14 bits per heavy atom. The fourth-order valence-electron chi connectivity index (χ4n) is 3.68. The van der Waals surface area contributed by atoms with Crippen LogP contribution in [0.4, 0.5) is 0 Å². The lowest BCUT2D eigenvalue weighted by Crippen LogP contribution is -2.38. The van der Waals surface area contributed by atoms with Crippen LogP contribution < -0.4 is 5.32 Å². The first-order valence-corrected chi connectivity index (χ1v) is 10.1. The fourth-order valence-corrected chi connectivity index (χ4v) is 3.68. The number of piperidine rings is 1. The third-order valence-electron chi connectivity index (χ3n) is 5.58. The molecule has 1 fully saturated rings. The largest absolute Gasteiger partial charge is 0.354 e. The molecule has 150 valence electrons. The number of likely N-dealkylation sites (tertiary alicyclic amines) is 1. The predicted molar refractivity (Wildman–Crippen MR) is 109 cm³/mol. The van der Waals surface area contributed by atoms with Crippen molar-refractivity contribution >= 4 is 11.8 Å². The number of aromatic nitrogens is 2. The maximum Gasteiger partial charge on any atom is 0.253 e. The van der Waals surface area contributed by atoms with Crippen molar-refractivity contribution in [2.75, 3.05) is 19.6 Å². The van der Waals surface area contributed by atoms with Crippen LogP contribution in [0.15, 0.2) is 36.7 Å². The molecule has 0 aliphatic carbocycles. The minimum absolute atomic E-state index is 0.107. The van der Waals surface area contributed by atoms with Crippen molar-refractivity contribution in [3.8, 4) is 0 Å². The monoisotopic (exact) mass is 382 g/mol. The van der Waals surface area contributed by atoms with Gasteiger partial charge >= 0.3 is 0 Å². The Bertz CT molecular complexity index is 789. The molecular weight excluding hydrogens is 352 g/mol. The lowest BCUT2D eigenvalue weighted by Gasteiger charge is -2.32. The van der Waals surface area contributed by atoms with Crippen LogP contribution >= 0.6 is 0 Å². The molecule has 6 heteroatoms. The maximum absolute atomic E-state index is 12.6. The Morgan fingerprint density at radius 2 is 1.86 bits per heavy atom. The van der Waals surface area contributed by atoms with Gasteiger partial charge in [-0.3, -0.25) is 9.59 Å². The SMILES string of the molecule is Cc1ccc(C(=O)N2CCC(CCC(=O)NCCn3ccnc3C)CC2)cc1. The van der Waals surface area contributed by atoms with Gasteiger partial charge < -0.3 is 14.8 Å². The molecule has 0 spiro atoms. The molecule has 1 aromatic carbocycles. The number of aryl methyl sites for hydroxylation is 2. The van der Waals surface area contributed by atoms with E-state index < -0.39 is 0 Å². The van der Waals surface area contributed by atoms with Gasteiger partial charge in [0.1, 0.15) is 5.82 Å². The van der Waals surface area contributed by atoms with Crippen LogP contribution in [0.25, 0.3) is 0 Å². The van der Waals surface area contributed by atoms with Crippen LogP contribution in [0.5, 0.6) is 0 Å². The van der Waals surface area contributed by atoms with Crippen LogP contribution in [0.3, 0.4) is 0 Å². The number of hydrogen-bond donors (Lipinski definition) is 1. The number of benzene rings is 1. The first-order chi connectivity index (χ1) is 13.5. The molecule has 1 saturated heterocycles. The molecule has 1 aromatic heterocycles. The van der Waals surface area contributed by atoms with E-state index in [1.807, 2.05) is 53.8 Å². The molecule has 1 aliphatic heterocycles. The number of amides is 2. The summed E-state index contributed by atoms with van der Waals surface area (Å²) in [6.45, 7) is 6.90. The Labute approximate surface area is 166 Å². The average Bonchev–Trinajstić information content (AvgIpc) is 3.12. The van der Waals surface area contributed by atoms with E-state index in [4.69, 9.17) is 0 Å². The lowest BCUT2D eigenvalue weighted by molar-refractivity contribution is -0.121. The van der Waals surface area contributed by atoms with E-state index >= 15 is 0 Å². The smallest absolute Gasteiger partial charge is 0.253 e. The first kappa shape index (κ1) is 20.1. The molecule has 0 saturated carbocycles. The molecule has 2 aromatic rings. The van der Waals surface area contributed by atoms with Crippen LogP contribution in [-0.2, 0) is 11.3 Å². The average molecular weight is 383 g/mol. The fraction of sp³-hybridized carbons (Fsp3) is 0.500. The summed E-state index contributed by atoms with van der Waals surface area (Å²) in [5.41, 5.74) is 1.92. The highest BCUT2D eigenvalue weighted by molar-refractivity contribution is 5.94. The summed E-state index contributed by atoms with van der Waals surface area (Å²) in [5, 5.41) is 2.99. The highest BCUT2D eigenvalue weighted by Crippen LogP contribution is 2.23. The number of carbonyl (C=O) groups is 2. The third-order valence-corrected chi connectivity index (χ3v) is 5.58. The van der Waals surface area contributed by atoms with Crippen molar-refractivity contribution in [1.29, 1.82) is 0 Å². The summed E-state index contributed by atoms with van der Waals surface area (Å²) in [6.07, 6.45) is 7.08. The topological polar surface area (TPSA) is 67.2 Å². The second-order valence-electron chi connectivity index (χ2n) is 7.66. The Hall–Kier alpha value is -2.63. The van der Waals surface area contributed by atoms with E-state index in [0.717, 1.165) is 55.8 Å². The normalized spacial score (nSPS) is 14.9. The summed E-state index contributed by atoms with van der Waals surface area (Å²) in [4.78, 5) is 30.8. The molecule has 3 rings (SSSR count). The first-order valence-electron chi connectivity index (χ1n) is 10.1. The van der Waals surface area contributed by atoms with E-state index in [2.05, 4.69) is 10.3 Å². The van der Waals surface area contributed by atoms with Gasteiger partial charge in [-0.15, -0.1) is 0 Å². The number of nitrogens with zero attached hydrogens (tertiary/aromatic N) is 3. The zero-order chi connectivity index (χ0) is 19.9. The number of rotatable bonds is 7. The highest BCUT2D eigenvalue weighted by atomic mass is 16.2. The predicted octanol–water partition coefficient (Wildman–Crippen LogP) is 2.95. The van der Waals surface area contributed by atoms with Gasteiger partial charge in [0.25, 0.3) is 5.91 Å². The Morgan fingerprint density at radius 3 is 2.50 bits per heavy atom. The van der Waals surface area contributed by atoms with Crippen LogP contribution in [0, 0.1) is 19.8 Å². The molecule has 2 amide bonds. The maximum atomic E-state index is 12.6. The standard InChI is InChI=1S/C22H30N4O2/c1-17-3-6-20(7-4-17)22(28)26-13-9-19(10-14-26)5-8-21(27)24-12-16-25-15-11-23-18(25)2/h3-4,6-7,11,15,19H,5,8-10,12-14,16H2,1-2H3,(H,24,27). The molecule has 2 heterocycles. The van der Waals surface area contributed by atoms with Gasteiger partial charge in [-0.2, -0.15) is 0 Å². The van der Waals surface area contributed by atoms with Gasteiger partial charge in [0, 0.05) is 50.6 Å². The van der Waals surface area contributed by atoms with Crippen molar-refractivity contribution in [2.45, 2.75) is 46.1 Å². The second kappa shape index (κ2) is 9.53. The van der Waals surface area contributed by atoms with Crippen molar-refractivity contribution in [1.82, 2.24) is 19.8 Å². The molecule has 0 radical (unpaired) electrons. The zero-order valence-electron chi connectivity index (χ0n) is 16.9. The molecule has 1 aliphatic rings. The summed E-state index contributed by atoms with van der Waals surface area (Å²) in [5.74, 6) is 1.70. The number of carbonyl (C=O) groups excluding carboxylic acids is 2. The van der Waals surface area contributed by atoms with E-state index in [1.165, 1.54) is 0 Å². The number of hydrogen-bond acceptors (Lipinski definition) is 3. The van der Waals surface area contributed by atoms with Crippen LogP contribution in [0.1, 0.15) is 47.4 Å². The van der Waals surface area contributed by atoms with Gasteiger partial charge in [0.15, 0.2) is 0 Å². The van der Waals surface area contributed by atoms with E-state index in [0.29, 0.717) is 18.9 Å². The Balaban J connectivity index is 1.34. The minimum Gasteiger partial charge on any atom is -0.354 e. The number of imidazole rings is 1. The highest BCUT2D eigenvalue weighted by Gasteiger charge is 2.23. The second-order valence-corrected chi connectivity index (χ2v) is 7.66. The summed E-state index contributed by atoms with van der Waals surface area (Å²) >= 11 is 0. The third kappa shape index (κ3) is 5.44. The van der Waals surface area contributed by atoms with Crippen molar-refractivity contribution in [3.63, 3.8) is 0 Å². The minimum atomic E-state index is 0.107. The molecule has 1 N–H and O–H groups in total. The summed E-state index contributed by atoms with van der Waals surface area (Å²) in [7, 11) is 0. The molecule has 0 unspecified atom stereocenters. The van der Waals surface area contributed by atoms with E-state index in [9.17, 15) is 9.59 Å². The molecule has 0 bridgehead atoms. The van der Waals surface area contributed by atoms with Crippen molar-refractivity contribution in [2.24, 2.45) is 5.92 Å². The van der Waals surface area contributed by atoms with Gasteiger partial charge in [-0.25, -0.2) is 4.98 Å². The van der Waals surface area contributed by atoms with Crippen molar-refractivity contribution < 1.29 is 9.59 Å². The van der Waals surface area contributed by atoms with Crippen LogP contribution in [0.2, 0.25) is 0 Å².